The van der Waals surface area contributed by atoms with Gasteiger partial charge in [-0.15, -0.1) is 0 Å². The Hall–Kier alpha value is -2.50. The van der Waals surface area contributed by atoms with E-state index in [0.29, 0.717) is 28.7 Å². The molecule has 0 radical (unpaired) electrons. The van der Waals surface area contributed by atoms with Crippen LogP contribution in [0.3, 0.4) is 0 Å². The Morgan fingerprint density at radius 1 is 1.37 bits per heavy atom. The van der Waals surface area contributed by atoms with Gasteiger partial charge in [-0.1, -0.05) is 38.8 Å². The number of hydrogen-bond acceptors (Lipinski definition) is 4. The molecule has 0 unspecified atom stereocenters. The summed E-state index contributed by atoms with van der Waals surface area (Å²) in [5.74, 6) is -0.290. The fourth-order valence-corrected chi connectivity index (χ4v) is 3.27. The lowest BCUT2D eigenvalue weighted by Gasteiger charge is -2.22. The van der Waals surface area contributed by atoms with Gasteiger partial charge in [-0.3, -0.25) is 4.79 Å². The van der Waals surface area contributed by atoms with Gasteiger partial charge in [-0.2, -0.15) is 0 Å². The summed E-state index contributed by atoms with van der Waals surface area (Å²) in [7, 11) is 1.58. The summed E-state index contributed by atoms with van der Waals surface area (Å²) in [4.78, 5) is 20.4. The van der Waals surface area contributed by atoms with Crippen molar-refractivity contribution in [3.8, 4) is 0 Å². The van der Waals surface area contributed by atoms with Crippen molar-refractivity contribution in [1.29, 1.82) is 0 Å². The van der Waals surface area contributed by atoms with Gasteiger partial charge in [0.25, 0.3) is 5.91 Å². The SMILES string of the molecule is C=C(/C=C(C)/C(=C/CC)C(=O)NC)c1nc(NC2CCCCC2)ncc1F. The van der Waals surface area contributed by atoms with Gasteiger partial charge in [0, 0.05) is 18.7 Å². The number of aromatic nitrogens is 2. The van der Waals surface area contributed by atoms with Crippen LogP contribution in [0, 0.1) is 5.82 Å². The third-order valence-corrected chi connectivity index (χ3v) is 4.68. The molecule has 27 heavy (non-hydrogen) atoms. The molecule has 0 bridgehead atoms. The first-order valence-electron chi connectivity index (χ1n) is 9.55. The topological polar surface area (TPSA) is 66.9 Å². The van der Waals surface area contributed by atoms with Crippen LogP contribution in [0.4, 0.5) is 10.3 Å². The number of carbonyl (C=O) groups excluding carboxylic acids is 1. The summed E-state index contributed by atoms with van der Waals surface area (Å²) in [5.41, 5.74) is 1.82. The molecule has 1 aromatic rings. The second-order valence-corrected chi connectivity index (χ2v) is 6.83. The van der Waals surface area contributed by atoms with E-state index in [0.717, 1.165) is 19.3 Å². The Labute approximate surface area is 160 Å². The Morgan fingerprint density at radius 2 is 2.07 bits per heavy atom. The molecule has 1 fully saturated rings. The largest absolute Gasteiger partial charge is 0.355 e. The summed E-state index contributed by atoms with van der Waals surface area (Å²) in [6, 6.07) is 0.329. The van der Waals surface area contributed by atoms with Crippen LogP contribution in [0.2, 0.25) is 0 Å². The van der Waals surface area contributed by atoms with Crippen LogP contribution in [0.1, 0.15) is 58.1 Å². The second-order valence-electron chi connectivity index (χ2n) is 6.83. The molecule has 2 rings (SSSR count). The van der Waals surface area contributed by atoms with Gasteiger partial charge in [0.05, 0.1) is 6.20 Å². The maximum Gasteiger partial charge on any atom is 0.250 e. The number of likely N-dealkylation sites (N-methyl/N-ethyl adjacent to an activating group) is 1. The van der Waals surface area contributed by atoms with Crippen LogP contribution in [-0.4, -0.2) is 29.0 Å². The molecule has 0 atom stereocenters. The molecule has 6 heteroatoms. The Kier molecular flexibility index (Phi) is 7.70. The first kappa shape index (κ1) is 20.8. The summed E-state index contributed by atoms with van der Waals surface area (Å²) in [6.07, 6.45) is 11.2. The molecular formula is C21H29FN4O. The van der Waals surface area contributed by atoms with Crippen LogP contribution in [0.5, 0.6) is 0 Å². The molecule has 1 heterocycles. The van der Waals surface area contributed by atoms with Crippen LogP contribution < -0.4 is 10.6 Å². The van der Waals surface area contributed by atoms with E-state index in [-0.39, 0.29) is 11.6 Å². The maximum absolute atomic E-state index is 14.3. The number of amides is 1. The van der Waals surface area contributed by atoms with Crippen molar-refractivity contribution in [1.82, 2.24) is 15.3 Å². The predicted octanol–water partition coefficient (Wildman–Crippen LogP) is 4.40. The van der Waals surface area contributed by atoms with E-state index in [1.807, 2.05) is 19.9 Å². The van der Waals surface area contributed by atoms with Gasteiger partial charge in [-0.05, 0) is 43.4 Å². The smallest absolute Gasteiger partial charge is 0.250 e. The molecule has 0 aromatic carbocycles. The molecule has 1 aliphatic carbocycles. The van der Waals surface area contributed by atoms with Crippen LogP contribution in [0.15, 0.2) is 36.1 Å². The van der Waals surface area contributed by atoms with E-state index in [1.54, 1.807) is 13.1 Å². The summed E-state index contributed by atoms with van der Waals surface area (Å²) >= 11 is 0. The van der Waals surface area contributed by atoms with Crippen molar-refractivity contribution in [2.75, 3.05) is 12.4 Å². The van der Waals surface area contributed by atoms with E-state index >= 15 is 0 Å². The fraction of sp³-hybridized carbons (Fsp3) is 0.476. The van der Waals surface area contributed by atoms with Gasteiger partial charge < -0.3 is 10.6 Å². The second kappa shape index (κ2) is 10.00. The minimum Gasteiger partial charge on any atom is -0.355 e. The molecule has 1 aromatic heterocycles. The Bertz CT molecular complexity index is 749. The normalized spacial score (nSPS) is 16.1. The third kappa shape index (κ3) is 5.74. The third-order valence-electron chi connectivity index (χ3n) is 4.68. The van der Waals surface area contributed by atoms with Gasteiger partial charge in [0.1, 0.15) is 5.69 Å². The van der Waals surface area contributed by atoms with Gasteiger partial charge in [0.2, 0.25) is 5.95 Å². The summed E-state index contributed by atoms with van der Waals surface area (Å²) in [5, 5.41) is 5.92. The number of anilines is 1. The van der Waals surface area contributed by atoms with E-state index in [1.165, 1.54) is 25.5 Å². The Balaban J connectivity index is 2.22. The highest BCUT2D eigenvalue weighted by Gasteiger charge is 2.16. The first-order chi connectivity index (χ1) is 13.0. The first-order valence-corrected chi connectivity index (χ1v) is 9.55. The van der Waals surface area contributed by atoms with Crippen LogP contribution in [-0.2, 0) is 4.79 Å². The number of nitrogens with zero attached hydrogens (tertiary/aromatic N) is 2. The van der Waals surface area contributed by atoms with Gasteiger partial charge in [0.15, 0.2) is 5.82 Å². The van der Waals surface area contributed by atoms with Crippen molar-refractivity contribution >= 4 is 17.4 Å². The highest BCUT2D eigenvalue weighted by atomic mass is 19.1. The number of nitrogens with one attached hydrogen (secondary N) is 2. The molecule has 0 spiro atoms. The zero-order valence-corrected chi connectivity index (χ0v) is 16.4. The van der Waals surface area contributed by atoms with E-state index in [4.69, 9.17) is 0 Å². The lowest BCUT2D eigenvalue weighted by Crippen LogP contribution is -2.23. The van der Waals surface area contributed by atoms with Crippen molar-refractivity contribution in [3.05, 3.63) is 47.6 Å². The van der Waals surface area contributed by atoms with Crippen molar-refractivity contribution in [2.45, 2.75) is 58.4 Å². The molecule has 146 valence electrons. The van der Waals surface area contributed by atoms with Crippen molar-refractivity contribution in [3.63, 3.8) is 0 Å². The number of hydrogen-bond donors (Lipinski definition) is 2. The average Bonchev–Trinajstić information content (AvgIpc) is 2.67. The van der Waals surface area contributed by atoms with E-state index in [9.17, 15) is 9.18 Å². The highest BCUT2D eigenvalue weighted by molar-refractivity contribution is 5.98. The Morgan fingerprint density at radius 3 is 2.70 bits per heavy atom. The number of carbonyl (C=O) groups is 1. The summed E-state index contributed by atoms with van der Waals surface area (Å²) < 4.78 is 14.3. The number of halogens is 1. The molecule has 1 amide bonds. The zero-order valence-electron chi connectivity index (χ0n) is 16.4. The lowest BCUT2D eigenvalue weighted by molar-refractivity contribution is -0.116. The molecule has 0 aliphatic heterocycles. The molecular weight excluding hydrogens is 343 g/mol. The summed E-state index contributed by atoms with van der Waals surface area (Å²) in [6.45, 7) is 7.71. The van der Waals surface area contributed by atoms with Crippen molar-refractivity contribution < 1.29 is 9.18 Å². The highest BCUT2D eigenvalue weighted by Crippen LogP contribution is 2.23. The lowest BCUT2D eigenvalue weighted by atomic mass is 9.96. The minimum atomic E-state index is -0.529. The standard InChI is InChI=1S/C21H29FN4O/c1-5-9-17(20(27)23-4)14(2)12-15(3)19-18(22)13-24-21(26-19)25-16-10-7-6-8-11-16/h9,12-13,16H,3,5-8,10-11H2,1-2,4H3,(H,23,27)(H,24,25,26)/b14-12+,17-9-. The molecule has 5 nitrogen and oxygen atoms in total. The zero-order chi connectivity index (χ0) is 19.8. The minimum absolute atomic E-state index is 0.149. The monoisotopic (exact) mass is 372 g/mol. The number of rotatable bonds is 7. The van der Waals surface area contributed by atoms with Crippen molar-refractivity contribution in [2.24, 2.45) is 0 Å². The molecule has 1 saturated carbocycles. The molecule has 2 N–H and O–H groups in total. The van der Waals surface area contributed by atoms with E-state index in [2.05, 4.69) is 27.2 Å². The van der Waals surface area contributed by atoms with E-state index < -0.39 is 5.82 Å². The van der Waals surface area contributed by atoms with Gasteiger partial charge in [-0.25, -0.2) is 14.4 Å². The quantitative estimate of drug-likeness (QED) is 0.550. The fourth-order valence-electron chi connectivity index (χ4n) is 3.27. The van der Waals surface area contributed by atoms with Crippen LogP contribution >= 0.6 is 0 Å². The van der Waals surface area contributed by atoms with Gasteiger partial charge >= 0.3 is 0 Å². The molecule has 1 aliphatic rings. The molecule has 0 saturated heterocycles. The average molecular weight is 372 g/mol. The number of allylic oxidation sites excluding steroid dienone is 3. The van der Waals surface area contributed by atoms with Crippen LogP contribution in [0.25, 0.3) is 5.57 Å². The maximum atomic E-state index is 14.3. The predicted molar refractivity (Wildman–Crippen MR) is 108 cm³/mol.